The fraction of sp³-hybridized carbons (Fsp3) is 0.200. The molecule has 1 fully saturated rings. The van der Waals surface area contributed by atoms with E-state index in [0.717, 1.165) is 34.6 Å². The first-order valence-corrected chi connectivity index (χ1v) is 13.6. The molecule has 4 N–H and O–H groups in total. The Balaban J connectivity index is 1.18. The number of hydrogen-bond acceptors (Lipinski definition) is 6. The van der Waals surface area contributed by atoms with Gasteiger partial charge >= 0.3 is 6.03 Å². The smallest absolute Gasteiger partial charge is 0.319 e. The number of urea groups is 1. The topological polar surface area (TPSA) is 111 Å². The third-order valence-corrected chi connectivity index (χ3v) is 7.33. The van der Waals surface area contributed by atoms with Gasteiger partial charge in [-0.05, 0) is 72.9 Å². The van der Waals surface area contributed by atoms with Crippen LogP contribution in [-0.4, -0.2) is 45.9 Å². The van der Waals surface area contributed by atoms with Gasteiger partial charge in [0.25, 0.3) is 5.91 Å². The summed E-state index contributed by atoms with van der Waals surface area (Å²) >= 11 is 6.37. The van der Waals surface area contributed by atoms with Crippen LogP contribution in [-0.2, 0) is 12.8 Å². The van der Waals surface area contributed by atoms with Crippen molar-refractivity contribution in [3.63, 3.8) is 0 Å². The molecule has 1 aromatic heterocycles. The summed E-state index contributed by atoms with van der Waals surface area (Å²) in [5, 5.41) is 13.0. The molecule has 202 valence electrons. The van der Waals surface area contributed by atoms with E-state index in [9.17, 15) is 9.59 Å². The number of nitrogens with zero attached hydrogens (tertiary/aromatic N) is 3. The van der Waals surface area contributed by atoms with Crippen molar-refractivity contribution in [2.45, 2.75) is 25.3 Å². The number of aromatic nitrogens is 2. The third-order valence-electron chi connectivity index (χ3n) is 7.06. The van der Waals surface area contributed by atoms with Crippen molar-refractivity contribution in [3.05, 3.63) is 101 Å². The predicted octanol–water partition coefficient (Wildman–Crippen LogP) is 5.75. The lowest BCUT2D eigenvalue weighted by molar-refractivity contribution is 0.0789. The van der Waals surface area contributed by atoms with Gasteiger partial charge in [0.1, 0.15) is 5.02 Å². The summed E-state index contributed by atoms with van der Waals surface area (Å²) in [4.78, 5) is 36.4. The van der Waals surface area contributed by atoms with Crippen molar-refractivity contribution in [1.29, 1.82) is 0 Å². The first-order chi connectivity index (χ1) is 19.5. The molecule has 4 aromatic rings. The molecule has 0 saturated carbocycles. The van der Waals surface area contributed by atoms with Crippen molar-refractivity contribution in [1.82, 2.24) is 20.2 Å². The molecular formula is C30H28ClN7O2. The van der Waals surface area contributed by atoms with Gasteiger partial charge in [0.2, 0.25) is 5.95 Å². The van der Waals surface area contributed by atoms with Crippen molar-refractivity contribution in [3.8, 4) is 0 Å². The molecule has 3 amide bonds. The van der Waals surface area contributed by atoms with Crippen LogP contribution in [0, 0.1) is 0 Å². The van der Waals surface area contributed by atoms with Crippen LogP contribution in [0.4, 0.5) is 33.6 Å². The number of hydrogen-bond donors (Lipinski definition) is 4. The number of nitrogens with one attached hydrogen (secondary N) is 4. The van der Waals surface area contributed by atoms with Gasteiger partial charge in [0.05, 0.1) is 6.20 Å². The number of likely N-dealkylation sites (tertiary alicyclic amines) is 1. The Bertz CT molecular complexity index is 1560. The normalized spacial score (nSPS) is 15.9. The highest BCUT2D eigenvalue weighted by Gasteiger charge is 2.28. The van der Waals surface area contributed by atoms with Crippen LogP contribution in [0.2, 0.25) is 5.02 Å². The molecule has 2 aliphatic heterocycles. The van der Waals surface area contributed by atoms with Crippen LogP contribution in [0.3, 0.4) is 0 Å². The molecule has 0 unspecified atom stereocenters. The SMILES string of the molecule is O=C(Nc1ccc2cc1CCc1cccc(c1)Nc1ncc(Cl)c(n1)N2)N[C@H]1CCN(C(=O)c2ccccc2)C1. The maximum Gasteiger partial charge on any atom is 0.319 e. The molecule has 1 atom stereocenters. The Morgan fingerprint density at radius 1 is 0.950 bits per heavy atom. The fourth-order valence-corrected chi connectivity index (χ4v) is 5.17. The standard InChI is InChI=1S/C30H28ClN7O2/c31-25-17-32-29-34-22-8-4-5-19(15-22)9-10-21-16-23(33-27(25)37-29)11-12-26(21)36-30(40)35-24-13-14-38(18-24)28(39)20-6-2-1-3-7-20/h1-8,11-12,15-17,24H,9-10,13-14,18H2,(H2,35,36,40)(H2,32,33,34,37)/t24-/m0/s1. The molecular weight excluding hydrogens is 526 g/mol. The highest BCUT2D eigenvalue weighted by atomic mass is 35.5. The summed E-state index contributed by atoms with van der Waals surface area (Å²) in [6.07, 6.45) is 3.73. The maximum atomic E-state index is 13.0. The van der Waals surface area contributed by atoms with Crippen molar-refractivity contribution < 1.29 is 9.59 Å². The average Bonchev–Trinajstić information content (AvgIpc) is 3.43. The Morgan fingerprint density at radius 2 is 1.80 bits per heavy atom. The zero-order valence-corrected chi connectivity index (χ0v) is 22.4. The minimum Gasteiger partial charge on any atom is -0.339 e. The molecule has 10 heteroatoms. The van der Waals surface area contributed by atoms with E-state index in [4.69, 9.17) is 11.6 Å². The van der Waals surface area contributed by atoms with E-state index < -0.39 is 0 Å². The Kier molecular flexibility index (Phi) is 7.20. The second-order valence-electron chi connectivity index (χ2n) is 9.91. The number of halogens is 1. The van der Waals surface area contributed by atoms with Crippen LogP contribution in [0.1, 0.15) is 27.9 Å². The zero-order valence-electron chi connectivity index (χ0n) is 21.7. The van der Waals surface area contributed by atoms with E-state index in [0.29, 0.717) is 48.3 Å². The van der Waals surface area contributed by atoms with E-state index in [2.05, 4.69) is 43.4 Å². The summed E-state index contributed by atoms with van der Waals surface area (Å²) < 4.78 is 0. The fourth-order valence-electron chi connectivity index (χ4n) is 5.03. The van der Waals surface area contributed by atoms with Crippen LogP contribution in [0.25, 0.3) is 0 Å². The molecule has 6 rings (SSSR count). The van der Waals surface area contributed by atoms with E-state index in [1.54, 1.807) is 11.1 Å². The summed E-state index contributed by atoms with van der Waals surface area (Å²) in [6, 6.07) is 22.6. The molecule has 3 aromatic carbocycles. The summed E-state index contributed by atoms with van der Waals surface area (Å²) in [5.74, 6) is 0.902. The number of anilines is 5. The second-order valence-corrected chi connectivity index (χ2v) is 10.3. The van der Waals surface area contributed by atoms with Crippen molar-refractivity contribution >= 4 is 52.4 Å². The molecule has 40 heavy (non-hydrogen) atoms. The lowest BCUT2D eigenvalue weighted by Crippen LogP contribution is -2.40. The number of benzene rings is 3. The molecule has 0 radical (unpaired) electrons. The summed E-state index contributed by atoms with van der Waals surface area (Å²) in [6.45, 7) is 1.08. The first kappa shape index (κ1) is 25.6. The number of aryl methyl sites for hydroxylation is 2. The molecule has 3 heterocycles. The van der Waals surface area contributed by atoms with E-state index in [1.807, 2.05) is 60.7 Å². The monoisotopic (exact) mass is 553 g/mol. The number of fused-ring (bicyclic) bond motifs is 6. The largest absolute Gasteiger partial charge is 0.339 e. The predicted molar refractivity (Wildman–Crippen MR) is 157 cm³/mol. The molecule has 0 aliphatic carbocycles. The van der Waals surface area contributed by atoms with Gasteiger partial charge in [-0.2, -0.15) is 4.98 Å². The Hall–Kier alpha value is -4.63. The minimum atomic E-state index is -0.298. The molecule has 2 aliphatic rings. The number of carbonyl (C=O) groups is 2. The van der Waals surface area contributed by atoms with Gasteiger partial charge in [-0.3, -0.25) is 4.79 Å². The van der Waals surface area contributed by atoms with Crippen LogP contribution < -0.4 is 21.3 Å². The van der Waals surface area contributed by atoms with Crippen molar-refractivity contribution in [2.24, 2.45) is 0 Å². The highest BCUT2D eigenvalue weighted by Crippen LogP contribution is 2.29. The summed E-state index contributed by atoms with van der Waals surface area (Å²) in [5.41, 5.74) is 5.16. The summed E-state index contributed by atoms with van der Waals surface area (Å²) in [7, 11) is 0. The molecule has 9 nitrogen and oxygen atoms in total. The maximum absolute atomic E-state index is 13.0. The number of amides is 3. The Labute approximate surface area is 237 Å². The van der Waals surface area contributed by atoms with Gasteiger partial charge in [-0.1, -0.05) is 41.9 Å². The highest BCUT2D eigenvalue weighted by molar-refractivity contribution is 6.32. The van der Waals surface area contributed by atoms with Crippen molar-refractivity contribution in [2.75, 3.05) is 29.0 Å². The van der Waals surface area contributed by atoms with Crippen LogP contribution in [0.5, 0.6) is 0 Å². The lowest BCUT2D eigenvalue weighted by atomic mass is 10.0. The van der Waals surface area contributed by atoms with E-state index in [1.165, 1.54) is 0 Å². The quantitative estimate of drug-likeness (QED) is 0.257. The van der Waals surface area contributed by atoms with Gasteiger partial charge in [0.15, 0.2) is 5.82 Å². The molecule has 6 bridgehead atoms. The minimum absolute atomic E-state index is 0.0187. The average molecular weight is 554 g/mol. The van der Waals surface area contributed by atoms with Crippen LogP contribution in [0.15, 0.2) is 79.0 Å². The third kappa shape index (κ3) is 5.84. The van der Waals surface area contributed by atoms with Gasteiger partial charge in [-0.25, -0.2) is 9.78 Å². The van der Waals surface area contributed by atoms with Gasteiger partial charge in [-0.15, -0.1) is 0 Å². The van der Waals surface area contributed by atoms with Gasteiger partial charge < -0.3 is 26.2 Å². The van der Waals surface area contributed by atoms with E-state index >= 15 is 0 Å². The lowest BCUT2D eigenvalue weighted by Gasteiger charge is -2.18. The Morgan fingerprint density at radius 3 is 2.67 bits per heavy atom. The number of rotatable bonds is 3. The van der Waals surface area contributed by atoms with Crippen LogP contribution >= 0.6 is 11.6 Å². The zero-order chi connectivity index (χ0) is 27.5. The molecule has 0 spiro atoms. The number of carbonyl (C=O) groups excluding carboxylic acids is 2. The van der Waals surface area contributed by atoms with Gasteiger partial charge in [0, 0.05) is 41.8 Å². The second kappa shape index (κ2) is 11.2. The first-order valence-electron chi connectivity index (χ1n) is 13.2. The molecule has 1 saturated heterocycles. The van der Waals surface area contributed by atoms with E-state index in [-0.39, 0.29) is 18.0 Å².